The topological polar surface area (TPSA) is 35.0 Å². The minimum Gasteiger partial charge on any atom is -0.344 e. The van der Waals surface area contributed by atoms with E-state index in [1.807, 2.05) is 0 Å². The predicted octanol–water partition coefficient (Wildman–Crippen LogP) is 2.72. The Morgan fingerprint density at radius 2 is 1.60 bits per heavy atom. The molecular weight excluding hydrogens is 122 g/mol. The van der Waals surface area contributed by atoms with E-state index < -0.39 is 0 Å². The third kappa shape index (κ3) is 2.19. The zero-order valence-corrected chi connectivity index (χ0v) is 6.72. The first kappa shape index (κ1) is 9.18. The van der Waals surface area contributed by atoms with Crippen LogP contribution in [0.15, 0.2) is 24.3 Å². The first-order chi connectivity index (χ1) is 4.33. The van der Waals surface area contributed by atoms with Gasteiger partial charge in [-0.15, -0.1) is 0 Å². The number of hydrogen-bond acceptors (Lipinski definition) is 1. The lowest BCUT2D eigenvalue weighted by Gasteiger charge is -1.94. The van der Waals surface area contributed by atoms with E-state index in [1.165, 1.54) is 11.1 Å². The average molecular weight is 137 g/mol. The molecule has 1 heteroatoms. The fourth-order valence-electron chi connectivity index (χ4n) is 0.824. The lowest BCUT2D eigenvalue weighted by atomic mass is 10.1. The molecule has 3 N–H and O–H groups in total. The summed E-state index contributed by atoms with van der Waals surface area (Å²) in [5, 5.41) is 0. The second-order valence-electron chi connectivity index (χ2n) is 2.34. The van der Waals surface area contributed by atoms with E-state index in [4.69, 9.17) is 0 Å². The summed E-state index contributed by atoms with van der Waals surface area (Å²) in [6.07, 6.45) is 1.14. The molecule has 1 nitrogen and oxygen atoms in total. The first-order valence-corrected chi connectivity index (χ1v) is 3.38. The molecule has 0 saturated carbocycles. The zero-order valence-electron chi connectivity index (χ0n) is 6.72. The molecule has 0 heterocycles. The Morgan fingerprint density at radius 3 is 2.00 bits per heavy atom. The minimum absolute atomic E-state index is 0. The molecule has 0 aliphatic rings. The highest BCUT2D eigenvalue weighted by Crippen LogP contribution is 2.02. The molecule has 0 amide bonds. The van der Waals surface area contributed by atoms with Crippen molar-refractivity contribution in [1.29, 1.82) is 0 Å². The van der Waals surface area contributed by atoms with Crippen molar-refractivity contribution in [3.63, 3.8) is 0 Å². The molecule has 0 spiro atoms. The monoisotopic (exact) mass is 137 g/mol. The predicted molar refractivity (Wildman–Crippen MR) is 45.6 cm³/mol. The number of rotatable bonds is 1. The van der Waals surface area contributed by atoms with Gasteiger partial charge >= 0.3 is 0 Å². The average Bonchev–Trinajstić information content (AvgIpc) is 1.90. The Hall–Kier alpha value is -0.820. The van der Waals surface area contributed by atoms with Crippen LogP contribution < -0.4 is 6.15 Å². The van der Waals surface area contributed by atoms with E-state index in [2.05, 4.69) is 38.1 Å². The Bertz CT molecular complexity index is 176. The molecule has 0 aliphatic carbocycles. The summed E-state index contributed by atoms with van der Waals surface area (Å²) in [5.74, 6) is 0. The molecule has 0 aliphatic heterocycles. The van der Waals surface area contributed by atoms with Crippen LogP contribution in [-0.4, -0.2) is 0 Å². The number of hydrogen-bond donors (Lipinski definition) is 1. The zero-order chi connectivity index (χ0) is 6.69. The van der Waals surface area contributed by atoms with E-state index in [0.717, 1.165) is 6.42 Å². The maximum Gasteiger partial charge on any atom is -0.0307 e. The van der Waals surface area contributed by atoms with Crippen LogP contribution >= 0.6 is 0 Å². The van der Waals surface area contributed by atoms with Crippen LogP contribution in [0, 0.1) is 6.92 Å². The Morgan fingerprint density at radius 1 is 1.10 bits per heavy atom. The molecular formula is C9H15N. The van der Waals surface area contributed by atoms with Gasteiger partial charge in [-0.25, -0.2) is 0 Å². The normalized spacial score (nSPS) is 8.60. The largest absolute Gasteiger partial charge is 0.344 e. The van der Waals surface area contributed by atoms with E-state index in [9.17, 15) is 0 Å². The van der Waals surface area contributed by atoms with Gasteiger partial charge in [0.25, 0.3) is 0 Å². The van der Waals surface area contributed by atoms with Crippen LogP contribution in [0.3, 0.4) is 0 Å². The van der Waals surface area contributed by atoms with Crippen LogP contribution in [0.5, 0.6) is 0 Å². The summed E-state index contributed by atoms with van der Waals surface area (Å²) in [7, 11) is 0. The molecule has 0 saturated heterocycles. The van der Waals surface area contributed by atoms with Crippen LogP contribution in [0.1, 0.15) is 18.1 Å². The van der Waals surface area contributed by atoms with Crippen LogP contribution in [-0.2, 0) is 6.42 Å². The van der Waals surface area contributed by atoms with Crippen molar-refractivity contribution in [3.8, 4) is 0 Å². The van der Waals surface area contributed by atoms with Gasteiger partial charge in [-0.05, 0) is 18.9 Å². The van der Waals surface area contributed by atoms with E-state index in [0.29, 0.717) is 0 Å². The second kappa shape index (κ2) is 4.07. The van der Waals surface area contributed by atoms with Crippen molar-refractivity contribution in [2.75, 3.05) is 0 Å². The highest BCUT2D eigenvalue weighted by Gasteiger charge is 1.84. The molecule has 1 aromatic rings. The molecule has 1 rings (SSSR count). The Kier molecular flexibility index (Phi) is 3.74. The summed E-state index contributed by atoms with van der Waals surface area (Å²) in [4.78, 5) is 0. The van der Waals surface area contributed by atoms with Gasteiger partial charge in [0, 0.05) is 0 Å². The summed E-state index contributed by atoms with van der Waals surface area (Å²) in [5.41, 5.74) is 2.76. The van der Waals surface area contributed by atoms with Crippen molar-refractivity contribution in [1.82, 2.24) is 6.15 Å². The van der Waals surface area contributed by atoms with Gasteiger partial charge in [0.15, 0.2) is 0 Å². The molecule has 0 bridgehead atoms. The summed E-state index contributed by atoms with van der Waals surface area (Å²) >= 11 is 0. The summed E-state index contributed by atoms with van der Waals surface area (Å²) < 4.78 is 0. The second-order valence-corrected chi connectivity index (χ2v) is 2.34. The number of benzene rings is 1. The van der Waals surface area contributed by atoms with Gasteiger partial charge in [-0.2, -0.15) is 0 Å². The minimum atomic E-state index is 0. The Balaban J connectivity index is 0.000000810. The molecule has 0 fully saturated rings. The molecule has 0 atom stereocenters. The Labute approximate surface area is 62.7 Å². The SMILES string of the molecule is CCc1ccc(C)cc1.N. The van der Waals surface area contributed by atoms with Crippen LogP contribution in [0.2, 0.25) is 0 Å². The van der Waals surface area contributed by atoms with E-state index in [1.54, 1.807) is 0 Å². The molecule has 0 radical (unpaired) electrons. The highest BCUT2D eigenvalue weighted by molar-refractivity contribution is 5.20. The van der Waals surface area contributed by atoms with Gasteiger partial charge in [0.05, 0.1) is 0 Å². The van der Waals surface area contributed by atoms with Gasteiger partial charge in [-0.1, -0.05) is 36.8 Å². The van der Waals surface area contributed by atoms with Gasteiger partial charge in [-0.3, -0.25) is 0 Å². The molecule has 0 unspecified atom stereocenters. The fourth-order valence-corrected chi connectivity index (χ4v) is 0.824. The number of aryl methyl sites for hydroxylation is 2. The quantitative estimate of drug-likeness (QED) is 0.634. The lowest BCUT2D eigenvalue weighted by Crippen LogP contribution is -1.77. The van der Waals surface area contributed by atoms with Gasteiger partial charge < -0.3 is 6.15 Å². The van der Waals surface area contributed by atoms with Crippen molar-refractivity contribution >= 4 is 0 Å². The van der Waals surface area contributed by atoms with Crippen LogP contribution in [0.4, 0.5) is 0 Å². The first-order valence-electron chi connectivity index (χ1n) is 3.38. The lowest BCUT2D eigenvalue weighted by molar-refractivity contribution is 1.14. The van der Waals surface area contributed by atoms with Crippen molar-refractivity contribution in [2.24, 2.45) is 0 Å². The van der Waals surface area contributed by atoms with Crippen molar-refractivity contribution in [3.05, 3.63) is 35.4 Å². The van der Waals surface area contributed by atoms with Gasteiger partial charge in [0.2, 0.25) is 0 Å². The van der Waals surface area contributed by atoms with E-state index in [-0.39, 0.29) is 6.15 Å². The van der Waals surface area contributed by atoms with Crippen molar-refractivity contribution in [2.45, 2.75) is 20.3 Å². The summed E-state index contributed by atoms with van der Waals surface area (Å²) in [6, 6.07) is 8.66. The van der Waals surface area contributed by atoms with Crippen molar-refractivity contribution < 1.29 is 0 Å². The van der Waals surface area contributed by atoms with E-state index >= 15 is 0 Å². The van der Waals surface area contributed by atoms with Crippen LogP contribution in [0.25, 0.3) is 0 Å². The standard InChI is InChI=1S/C9H12.H3N/c1-3-9-6-4-8(2)5-7-9;/h4-7H,3H2,1-2H3;1H3. The maximum absolute atomic E-state index is 2.18. The maximum atomic E-state index is 2.18. The highest BCUT2D eigenvalue weighted by atomic mass is 14.0. The molecule has 1 aromatic carbocycles. The fraction of sp³-hybridized carbons (Fsp3) is 0.333. The third-order valence-corrected chi connectivity index (χ3v) is 1.53. The molecule has 56 valence electrons. The molecule has 10 heavy (non-hydrogen) atoms. The molecule has 0 aromatic heterocycles. The smallest absolute Gasteiger partial charge is 0.0307 e. The van der Waals surface area contributed by atoms with Gasteiger partial charge in [0.1, 0.15) is 0 Å². The summed E-state index contributed by atoms with van der Waals surface area (Å²) in [6.45, 7) is 4.28. The third-order valence-electron chi connectivity index (χ3n) is 1.53.